The SMILES string of the molecule is Cc1ccc(C2Cc3ccccc3C2=O)o1. The predicted molar refractivity (Wildman–Crippen MR) is 60.7 cm³/mol. The maximum atomic E-state index is 12.1. The molecule has 2 heteroatoms. The number of hydrogen-bond acceptors (Lipinski definition) is 2. The molecule has 1 aromatic heterocycles. The molecule has 1 unspecified atom stereocenters. The summed E-state index contributed by atoms with van der Waals surface area (Å²) >= 11 is 0. The molecule has 1 heterocycles. The van der Waals surface area contributed by atoms with Crippen molar-refractivity contribution in [2.24, 2.45) is 0 Å². The van der Waals surface area contributed by atoms with Crippen LogP contribution >= 0.6 is 0 Å². The first-order chi connectivity index (χ1) is 7.75. The number of carbonyl (C=O) groups excluding carboxylic acids is 1. The number of furan rings is 1. The number of rotatable bonds is 1. The topological polar surface area (TPSA) is 30.2 Å². The van der Waals surface area contributed by atoms with Crippen molar-refractivity contribution in [1.82, 2.24) is 0 Å². The third kappa shape index (κ3) is 1.30. The maximum Gasteiger partial charge on any atom is 0.174 e. The van der Waals surface area contributed by atoms with Crippen molar-refractivity contribution in [3.63, 3.8) is 0 Å². The molecule has 16 heavy (non-hydrogen) atoms. The molecule has 0 N–H and O–H groups in total. The Balaban J connectivity index is 2.01. The molecule has 1 aromatic carbocycles. The molecule has 2 aromatic rings. The molecule has 1 aliphatic rings. The van der Waals surface area contributed by atoms with Crippen molar-refractivity contribution in [1.29, 1.82) is 0 Å². The van der Waals surface area contributed by atoms with Crippen molar-refractivity contribution < 1.29 is 9.21 Å². The van der Waals surface area contributed by atoms with E-state index in [-0.39, 0.29) is 11.7 Å². The number of aryl methyl sites for hydroxylation is 1. The lowest BCUT2D eigenvalue weighted by Crippen LogP contribution is -2.05. The van der Waals surface area contributed by atoms with Crippen molar-refractivity contribution >= 4 is 5.78 Å². The Labute approximate surface area is 93.9 Å². The highest BCUT2D eigenvalue weighted by atomic mass is 16.3. The quantitative estimate of drug-likeness (QED) is 0.727. The van der Waals surface area contributed by atoms with Crippen LogP contribution < -0.4 is 0 Å². The van der Waals surface area contributed by atoms with Gasteiger partial charge in [-0.05, 0) is 31.0 Å². The summed E-state index contributed by atoms with van der Waals surface area (Å²) in [6.45, 7) is 1.90. The number of carbonyl (C=O) groups is 1. The first-order valence-corrected chi connectivity index (χ1v) is 5.44. The van der Waals surface area contributed by atoms with Crippen molar-refractivity contribution in [2.75, 3.05) is 0 Å². The Morgan fingerprint density at radius 3 is 2.69 bits per heavy atom. The number of benzene rings is 1. The van der Waals surface area contributed by atoms with E-state index in [4.69, 9.17) is 4.42 Å². The van der Waals surface area contributed by atoms with Gasteiger partial charge in [-0.2, -0.15) is 0 Å². The maximum absolute atomic E-state index is 12.1. The minimum absolute atomic E-state index is 0.119. The zero-order chi connectivity index (χ0) is 11.1. The van der Waals surface area contributed by atoms with Crippen LogP contribution in [0.2, 0.25) is 0 Å². The van der Waals surface area contributed by atoms with Gasteiger partial charge in [0.15, 0.2) is 5.78 Å². The van der Waals surface area contributed by atoms with E-state index in [0.717, 1.165) is 29.1 Å². The summed E-state index contributed by atoms with van der Waals surface area (Å²) in [4.78, 5) is 12.1. The monoisotopic (exact) mass is 212 g/mol. The van der Waals surface area contributed by atoms with Crippen LogP contribution in [-0.2, 0) is 6.42 Å². The normalized spacial score (nSPS) is 18.8. The molecule has 0 radical (unpaired) electrons. The molecular weight excluding hydrogens is 200 g/mol. The Hall–Kier alpha value is -1.83. The van der Waals surface area contributed by atoms with Crippen LogP contribution in [0.25, 0.3) is 0 Å². The summed E-state index contributed by atoms with van der Waals surface area (Å²) in [7, 11) is 0. The van der Waals surface area contributed by atoms with Crippen LogP contribution in [0, 0.1) is 6.92 Å². The van der Waals surface area contributed by atoms with E-state index in [2.05, 4.69) is 0 Å². The van der Waals surface area contributed by atoms with Gasteiger partial charge in [0.25, 0.3) is 0 Å². The van der Waals surface area contributed by atoms with E-state index >= 15 is 0 Å². The average Bonchev–Trinajstić information content (AvgIpc) is 2.84. The predicted octanol–water partition coefficient (Wildman–Crippen LogP) is 3.11. The number of ketones is 1. The second-order valence-electron chi connectivity index (χ2n) is 4.23. The lowest BCUT2D eigenvalue weighted by molar-refractivity contribution is 0.0964. The molecule has 0 spiro atoms. The summed E-state index contributed by atoms with van der Waals surface area (Å²) in [5.41, 5.74) is 1.98. The Bertz CT molecular complexity index is 551. The fourth-order valence-corrected chi connectivity index (χ4v) is 2.31. The highest BCUT2D eigenvalue weighted by Gasteiger charge is 2.33. The summed E-state index contributed by atoms with van der Waals surface area (Å²) < 4.78 is 5.55. The van der Waals surface area contributed by atoms with Crippen LogP contribution in [0.4, 0.5) is 0 Å². The number of hydrogen-bond donors (Lipinski definition) is 0. The van der Waals surface area contributed by atoms with E-state index < -0.39 is 0 Å². The van der Waals surface area contributed by atoms with Crippen molar-refractivity contribution in [3.8, 4) is 0 Å². The zero-order valence-corrected chi connectivity index (χ0v) is 9.07. The fourth-order valence-electron chi connectivity index (χ4n) is 2.31. The molecule has 3 rings (SSSR count). The Morgan fingerprint density at radius 2 is 2.00 bits per heavy atom. The summed E-state index contributed by atoms with van der Waals surface area (Å²) in [6, 6.07) is 11.6. The van der Waals surface area contributed by atoms with Gasteiger partial charge in [0.05, 0.1) is 5.92 Å². The van der Waals surface area contributed by atoms with Gasteiger partial charge in [-0.3, -0.25) is 4.79 Å². The first-order valence-electron chi connectivity index (χ1n) is 5.44. The van der Waals surface area contributed by atoms with Gasteiger partial charge in [-0.25, -0.2) is 0 Å². The number of Topliss-reactive ketones (excluding diaryl/α,β-unsaturated/α-hetero) is 1. The van der Waals surface area contributed by atoms with Gasteiger partial charge in [0.2, 0.25) is 0 Å². The molecule has 0 saturated heterocycles. The van der Waals surface area contributed by atoms with Crippen LogP contribution in [0.1, 0.15) is 33.4 Å². The van der Waals surface area contributed by atoms with Gasteiger partial charge in [-0.15, -0.1) is 0 Å². The van der Waals surface area contributed by atoms with Gasteiger partial charge in [0.1, 0.15) is 11.5 Å². The van der Waals surface area contributed by atoms with Crippen molar-refractivity contribution in [3.05, 3.63) is 59.0 Å². The largest absolute Gasteiger partial charge is 0.466 e. The first kappa shape index (κ1) is 9.40. The summed E-state index contributed by atoms with van der Waals surface area (Å²) in [5.74, 6) is 1.72. The van der Waals surface area contributed by atoms with Gasteiger partial charge in [-0.1, -0.05) is 24.3 Å². The number of fused-ring (bicyclic) bond motifs is 1. The molecular formula is C14H12O2. The van der Waals surface area contributed by atoms with Gasteiger partial charge < -0.3 is 4.42 Å². The standard InChI is InChI=1S/C14H12O2/c1-9-6-7-13(16-9)12-8-10-4-2-3-5-11(10)14(12)15/h2-7,12H,8H2,1H3. The minimum Gasteiger partial charge on any atom is -0.466 e. The summed E-state index contributed by atoms with van der Waals surface area (Å²) in [6.07, 6.45) is 0.766. The third-order valence-corrected chi connectivity index (χ3v) is 3.13. The molecule has 2 nitrogen and oxygen atoms in total. The van der Waals surface area contributed by atoms with Crippen LogP contribution in [0.15, 0.2) is 40.8 Å². The van der Waals surface area contributed by atoms with E-state index in [1.54, 1.807) is 0 Å². The molecule has 80 valence electrons. The molecule has 0 amide bonds. The highest BCUT2D eigenvalue weighted by Crippen LogP contribution is 2.34. The smallest absolute Gasteiger partial charge is 0.174 e. The van der Waals surface area contributed by atoms with E-state index in [0.29, 0.717) is 0 Å². The van der Waals surface area contributed by atoms with Crippen LogP contribution in [0.5, 0.6) is 0 Å². The van der Waals surface area contributed by atoms with Gasteiger partial charge in [0, 0.05) is 5.56 Å². The van der Waals surface area contributed by atoms with Crippen LogP contribution in [0.3, 0.4) is 0 Å². The lowest BCUT2D eigenvalue weighted by Gasteiger charge is -2.02. The van der Waals surface area contributed by atoms with Crippen molar-refractivity contribution in [2.45, 2.75) is 19.3 Å². The second-order valence-corrected chi connectivity index (χ2v) is 4.23. The van der Waals surface area contributed by atoms with E-state index in [1.165, 1.54) is 0 Å². The highest BCUT2D eigenvalue weighted by molar-refractivity contribution is 6.04. The second kappa shape index (κ2) is 3.34. The molecule has 1 aliphatic carbocycles. The zero-order valence-electron chi connectivity index (χ0n) is 9.07. The van der Waals surface area contributed by atoms with E-state index in [9.17, 15) is 4.79 Å². The Kier molecular flexibility index (Phi) is 1.96. The third-order valence-electron chi connectivity index (χ3n) is 3.13. The molecule has 0 aliphatic heterocycles. The molecule has 0 saturated carbocycles. The van der Waals surface area contributed by atoms with Crippen LogP contribution in [-0.4, -0.2) is 5.78 Å². The summed E-state index contributed by atoms with van der Waals surface area (Å²) in [5, 5.41) is 0. The molecule has 1 atom stereocenters. The Morgan fingerprint density at radius 1 is 1.19 bits per heavy atom. The van der Waals surface area contributed by atoms with Gasteiger partial charge >= 0.3 is 0 Å². The average molecular weight is 212 g/mol. The van der Waals surface area contributed by atoms with E-state index in [1.807, 2.05) is 43.3 Å². The fraction of sp³-hybridized carbons (Fsp3) is 0.214. The molecule has 0 bridgehead atoms. The lowest BCUT2D eigenvalue weighted by atomic mass is 10.0. The minimum atomic E-state index is -0.119. The molecule has 0 fully saturated rings.